The van der Waals surface area contributed by atoms with Crippen LogP contribution in [0.1, 0.15) is 26.7 Å². The molecular weight excluding hydrogens is 425 g/mol. The van der Waals surface area contributed by atoms with Crippen molar-refractivity contribution in [1.82, 2.24) is 15.0 Å². The van der Waals surface area contributed by atoms with Crippen LogP contribution in [-0.2, 0) is 4.74 Å². The summed E-state index contributed by atoms with van der Waals surface area (Å²) in [5.41, 5.74) is 1.54. The van der Waals surface area contributed by atoms with E-state index in [4.69, 9.17) is 31.3 Å². The van der Waals surface area contributed by atoms with E-state index in [1.165, 1.54) is 17.4 Å². The lowest BCUT2D eigenvalue weighted by Gasteiger charge is -2.31. The molecule has 4 rings (SSSR count). The summed E-state index contributed by atoms with van der Waals surface area (Å²) in [6.07, 6.45) is 2.27. The fourth-order valence-electron chi connectivity index (χ4n) is 3.46. The average molecular weight is 450 g/mol. The van der Waals surface area contributed by atoms with Crippen LogP contribution >= 0.6 is 22.9 Å². The van der Waals surface area contributed by atoms with Gasteiger partial charge in [0, 0.05) is 37.3 Å². The fraction of sp³-hybridized carbons (Fsp3) is 0.476. The molecule has 30 heavy (non-hydrogen) atoms. The van der Waals surface area contributed by atoms with Gasteiger partial charge in [-0.05, 0) is 31.5 Å². The Morgan fingerprint density at radius 2 is 2.17 bits per heavy atom. The van der Waals surface area contributed by atoms with E-state index in [9.17, 15) is 4.39 Å². The van der Waals surface area contributed by atoms with Gasteiger partial charge in [0.1, 0.15) is 10.5 Å². The molecule has 1 fully saturated rings. The molecule has 3 aromatic rings. The molecule has 3 heterocycles. The molecule has 1 aromatic carbocycles. The van der Waals surface area contributed by atoms with E-state index in [2.05, 4.69) is 16.7 Å². The Bertz CT molecular complexity index is 1050. The molecule has 0 spiro atoms. The molecule has 0 saturated carbocycles. The highest BCUT2D eigenvalue weighted by molar-refractivity contribution is 7.22. The third-order valence-corrected chi connectivity index (χ3v) is 6.52. The predicted molar refractivity (Wildman–Crippen MR) is 121 cm³/mol. The standard InChI is InChI=1S/C21H25ClFN5OS/c1-4-5-8-27(3)21-26-19-18(30-21)17(15-7-6-14(22)11-16(15)23)24-20(25-19)28-9-10-29-13(2)12-28/h6-7,11,13H,4-5,8-10,12H2,1-3H3. The molecule has 2 aromatic heterocycles. The Labute approximate surface area is 184 Å². The summed E-state index contributed by atoms with van der Waals surface area (Å²) in [6.45, 7) is 7.06. The van der Waals surface area contributed by atoms with Gasteiger partial charge >= 0.3 is 0 Å². The van der Waals surface area contributed by atoms with E-state index >= 15 is 0 Å². The second-order valence-corrected chi connectivity index (χ2v) is 8.96. The minimum absolute atomic E-state index is 0.0833. The van der Waals surface area contributed by atoms with Gasteiger partial charge < -0.3 is 14.5 Å². The molecule has 1 aliphatic rings. The number of anilines is 2. The number of benzene rings is 1. The Balaban J connectivity index is 1.84. The molecule has 0 amide bonds. The van der Waals surface area contributed by atoms with Crippen molar-refractivity contribution < 1.29 is 9.13 Å². The highest BCUT2D eigenvalue weighted by atomic mass is 35.5. The zero-order valence-corrected chi connectivity index (χ0v) is 18.9. The number of morpholine rings is 1. The van der Waals surface area contributed by atoms with Gasteiger partial charge in [0.15, 0.2) is 10.8 Å². The molecule has 1 atom stereocenters. The maximum absolute atomic E-state index is 14.8. The Morgan fingerprint density at radius 1 is 1.33 bits per heavy atom. The molecule has 0 radical (unpaired) electrons. The van der Waals surface area contributed by atoms with E-state index in [0.717, 1.165) is 29.2 Å². The van der Waals surface area contributed by atoms with Gasteiger partial charge in [0.05, 0.1) is 18.4 Å². The van der Waals surface area contributed by atoms with Gasteiger partial charge in [-0.25, -0.2) is 9.37 Å². The Morgan fingerprint density at radius 3 is 2.90 bits per heavy atom. The van der Waals surface area contributed by atoms with Crippen LogP contribution < -0.4 is 9.80 Å². The smallest absolute Gasteiger partial charge is 0.228 e. The van der Waals surface area contributed by atoms with Crippen LogP contribution in [0, 0.1) is 5.82 Å². The minimum Gasteiger partial charge on any atom is -0.375 e. The molecule has 1 aliphatic heterocycles. The van der Waals surface area contributed by atoms with E-state index < -0.39 is 5.82 Å². The number of hydrogen-bond donors (Lipinski definition) is 0. The largest absolute Gasteiger partial charge is 0.375 e. The quantitative estimate of drug-likeness (QED) is 0.527. The van der Waals surface area contributed by atoms with Gasteiger partial charge in [-0.15, -0.1) is 0 Å². The number of fused-ring (bicyclic) bond motifs is 1. The maximum atomic E-state index is 14.8. The van der Waals surface area contributed by atoms with Crippen LogP contribution in [0.15, 0.2) is 18.2 Å². The molecule has 0 N–H and O–H groups in total. The van der Waals surface area contributed by atoms with Crippen molar-refractivity contribution in [2.24, 2.45) is 0 Å². The summed E-state index contributed by atoms with van der Waals surface area (Å²) in [4.78, 5) is 18.5. The summed E-state index contributed by atoms with van der Waals surface area (Å²) in [5, 5.41) is 1.21. The summed E-state index contributed by atoms with van der Waals surface area (Å²) in [6, 6.07) is 4.67. The first-order valence-electron chi connectivity index (χ1n) is 10.2. The predicted octanol–water partition coefficient (Wildman–Crippen LogP) is 5.01. The van der Waals surface area contributed by atoms with Crippen LogP contribution in [-0.4, -0.2) is 54.3 Å². The monoisotopic (exact) mass is 449 g/mol. The van der Waals surface area contributed by atoms with Crippen molar-refractivity contribution in [2.45, 2.75) is 32.8 Å². The molecule has 1 saturated heterocycles. The summed E-state index contributed by atoms with van der Waals surface area (Å²) >= 11 is 7.47. The maximum Gasteiger partial charge on any atom is 0.228 e. The first-order chi connectivity index (χ1) is 14.5. The lowest BCUT2D eigenvalue weighted by Crippen LogP contribution is -2.42. The van der Waals surface area contributed by atoms with Crippen molar-refractivity contribution in [1.29, 1.82) is 0 Å². The number of hydrogen-bond acceptors (Lipinski definition) is 7. The normalized spacial score (nSPS) is 17.0. The van der Waals surface area contributed by atoms with Crippen molar-refractivity contribution in [3.8, 4) is 11.3 Å². The number of nitrogens with zero attached hydrogens (tertiary/aromatic N) is 5. The molecule has 1 unspecified atom stereocenters. The van der Waals surface area contributed by atoms with Gasteiger partial charge in [0.2, 0.25) is 5.95 Å². The second-order valence-electron chi connectivity index (χ2n) is 7.55. The highest BCUT2D eigenvalue weighted by Gasteiger charge is 2.24. The van der Waals surface area contributed by atoms with Gasteiger partial charge in [-0.1, -0.05) is 36.3 Å². The van der Waals surface area contributed by atoms with E-state index in [1.807, 2.05) is 14.0 Å². The molecule has 0 bridgehead atoms. The first-order valence-corrected chi connectivity index (χ1v) is 11.4. The van der Waals surface area contributed by atoms with E-state index in [-0.39, 0.29) is 6.10 Å². The SMILES string of the molecule is CCCCN(C)c1nc2nc(N3CCOC(C)C3)nc(-c3ccc(Cl)cc3F)c2s1. The number of unbranched alkanes of at least 4 members (excludes halogenated alkanes) is 1. The first kappa shape index (κ1) is 21.2. The number of halogens is 2. The summed E-state index contributed by atoms with van der Waals surface area (Å²) in [5.74, 6) is 0.146. The van der Waals surface area contributed by atoms with Crippen LogP contribution in [0.3, 0.4) is 0 Å². The Kier molecular flexibility index (Phi) is 6.36. The molecule has 0 aliphatic carbocycles. The van der Waals surface area contributed by atoms with E-state index in [0.29, 0.717) is 47.6 Å². The van der Waals surface area contributed by atoms with Gasteiger partial charge in [0.25, 0.3) is 0 Å². The zero-order chi connectivity index (χ0) is 21.3. The van der Waals surface area contributed by atoms with Gasteiger partial charge in [-0.3, -0.25) is 0 Å². The lowest BCUT2D eigenvalue weighted by atomic mass is 10.1. The average Bonchev–Trinajstić information content (AvgIpc) is 3.16. The fourth-order valence-corrected chi connectivity index (χ4v) is 4.62. The molecule has 9 heteroatoms. The highest BCUT2D eigenvalue weighted by Crippen LogP contribution is 2.37. The molecule has 6 nitrogen and oxygen atoms in total. The third-order valence-electron chi connectivity index (χ3n) is 5.11. The molecule has 160 valence electrons. The van der Waals surface area contributed by atoms with Crippen molar-refractivity contribution >= 4 is 44.4 Å². The van der Waals surface area contributed by atoms with Crippen molar-refractivity contribution in [2.75, 3.05) is 43.1 Å². The van der Waals surface area contributed by atoms with Crippen LogP contribution in [0.5, 0.6) is 0 Å². The number of rotatable bonds is 6. The topological polar surface area (TPSA) is 54.4 Å². The third kappa shape index (κ3) is 4.36. The molecular formula is C21H25ClFN5OS. The van der Waals surface area contributed by atoms with Gasteiger partial charge in [-0.2, -0.15) is 9.97 Å². The minimum atomic E-state index is -0.405. The Hall–Kier alpha value is -2.03. The van der Waals surface area contributed by atoms with Crippen LogP contribution in [0.25, 0.3) is 21.6 Å². The number of aromatic nitrogens is 3. The van der Waals surface area contributed by atoms with Crippen LogP contribution in [0.4, 0.5) is 15.5 Å². The summed E-state index contributed by atoms with van der Waals surface area (Å²) < 4.78 is 21.2. The van der Waals surface area contributed by atoms with E-state index in [1.54, 1.807) is 12.1 Å². The number of thiazole rings is 1. The van der Waals surface area contributed by atoms with Crippen molar-refractivity contribution in [3.63, 3.8) is 0 Å². The zero-order valence-electron chi connectivity index (χ0n) is 17.4. The lowest BCUT2D eigenvalue weighted by molar-refractivity contribution is 0.0526. The van der Waals surface area contributed by atoms with Crippen LogP contribution in [0.2, 0.25) is 5.02 Å². The number of ether oxygens (including phenoxy) is 1. The second kappa shape index (κ2) is 8.99. The summed E-state index contributed by atoms with van der Waals surface area (Å²) in [7, 11) is 2.02. The van der Waals surface area contributed by atoms with Crippen molar-refractivity contribution in [3.05, 3.63) is 29.0 Å².